The molecule has 2 amide bonds. The van der Waals surface area contributed by atoms with Crippen LogP contribution in [0.15, 0.2) is 15.9 Å². The molecule has 0 saturated heterocycles. The minimum Gasteiger partial charge on any atom is -0.336 e. The predicted octanol–water partition coefficient (Wildman–Crippen LogP) is 1.96. The summed E-state index contributed by atoms with van der Waals surface area (Å²) >= 11 is 5.08. The second-order valence-corrected chi connectivity index (χ2v) is 6.28. The maximum Gasteiger partial charge on any atom is 0.328 e. The number of thiophene rings is 1. The molecule has 1 heterocycles. The van der Waals surface area contributed by atoms with Gasteiger partial charge in [-0.2, -0.15) is 0 Å². The minimum absolute atomic E-state index is 0.0941. The average molecular weight is 292 g/mol. The molecule has 0 atom stereocenters. The molecule has 6 heteroatoms. The number of hydrogen-bond acceptors (Lipinski definition) is 3. The van der Waals surface area contributed by atoms with Gasteiger partial charge >= 0.3 is 6.03 Å². The van der Waals surface area contributed by atoms with E-state index in [1.54, 1.807) is 11.3 Å². The Kier molecular flexibility index (Phi) is 4.12. The van der Waals surface area contributed by atoms with E-state index in [0.29, 0.717) is 6.54 Å². The van der Waals surface area contributed by atoms with Crippen LogP contribution in [-0.4, -0.2) is 12.6 Å². The fourth-order valence-electron chi connectivity index (χ4n) is 1.12. The second-order valence-electron chi connectivity index (χ2n) is 3.81. The van der Waals surface area contributed by atoms with Gasteiger partial charge in [0.1, 0.15) is 0 Å². The van der Waals surface area contributed by atoms with Crippen LogP contribution in [0, 0.1) is 0 Å². The van der Waals surface area contributed by atoms with E-state index in [0.717, 1.165) is 3.79 Å². The standard InChI is InChI=1S/C9H14BrN3OS/c1-9(2,5-12-8(14)13-11)6-3-4-7(10)15-6/h3-4H,5,11H2,1-2H3,(H2,12,13,14). The van der Waals surface area contributed by atoms with E-state index >= 15 is 0 Å². The molecule has 0 aliphatic carbocycles. The highest BCUT2D eigenvalue weighted by Gasteiger charge is 2.22. The molecule has 0 saturated carbocycles. The number of carbonyl (C=O) groups excluding carboxylic acids is 1. The molecular formula is C9H14BrN3OS. The number of hydrazine groups is 1. The first-order valence-corrected chi connectivity index (χ1v) is 6.07. The van der Waals surface area contributed by atoms with Crippen molar-refractivity contribution in [3.8, 4) is 0 Å². The molecule has 0 spiro atoms. The van der Waals surface area contributed by atoms with Crippen LogP contribution in [0.4, 0.5) is 4.79 Å². The van der Waals surface area contributed by atoms with Gasteiger partial charge in [0.2, 0.25) is 0 Å². The maximum atomic E-state index is 10.9. The van der Waals surface area contributed by atoms with Gasteiger partial charge in [-0.15, -0.1) is 11.3 Å². The largest absolute Gasteiger partial charge is 0.336 e. The van der Waals surface area contributed by atoms with Crippen molar-refractivity contribution >= 4 is 33.3 Å². The Morgan fingerprint density at radius 2 is 2.27 bits per heavy atom. The summed E-state index contributed by atoms with van der Waals surface area (Å²) in [5.41, 5.74) is 1.94. The molecular weight excluding hydrogens is 278 g/mol. The lowest BCUT2D eigenvalue weighted by Crippen LogP contribution is -2.44. The average Bonchev–Trinajstić information content (AvgIpc) is 2.62. The van der Waals surface area contributed by atoms with Crippen molar-refractivity contribution in [3.63, 3.8) is 0 Å². The van der Waals surface area contributed by atoms with Crippen LogP contribution in [0.3, 0.4) is 0 Å². The number of carbonyl (C=O) groups is 1. The number of urea groups is 1. The van der Waals surface area contributed by atoms with Gasteiger partial charge < -0.3 is 5.32 Å². The molecule has 15 heavy (non-hydrogen) atoms. The van der Waals surface area contributed by atoms with Crippen LogP contribution < -0.4 is 16.6 Å². The van der Waals surface area contributed by atoms with Crippen LogP contribution in [0.5, 0.6) is 0 Å². The monoisotopic (exact) mass is 291 g/mol. The molecule has 0 fully saturated rings. The number of nitrogens with two attached hydrogens (primary N) is 1. The van der Waals surface area contributed by atoms with Crippen molar-refractivity contribution in [1.82, 2.24) is 10.7 Å². The highest BCUT2D eigenvalue weighted by molar-refractivity contribution is 9.11. The third-order valence-electron chi connectivity index (χ3n) is 2.06. The molecule has 0 unspecified atom stereocenters. The maximum absolute atomic E-state index is 10.9. The van der Waals surface area contributed by atoms with E-state index in [9.17, 15) is 4.79 Å². The van der Waals surface area contributed by atoms with E-state index in [1.807, 2.05) is 11.5 Å². The molecule has 1 aromatic heterocycles. The summed E-state index contributed by atoms with van der Waals surface area (Å²) in [7, 11) is 0. The van der Waals surface area contributed by atoms with Gasteiger partial charge in [-0.3, -0.25) is 5.43 Å². The van der Waals surface area contributed by atoms with Crippen LogP contribution in [0.2, 0.25) is 0 Å². The van der Waals surface area contributed by atoms with Gasteiger partial charge in [0.15, 0.2) is 0 Å². The molecule has 84 valence electrons. The van der Waals surface area contributed by atoms with Crippen LogP contribution in [0.1, 0.15) is 18.7 Å². The molecule has 1 rings (SSSR count). The summed E-state index contributed by atoms with van der Waals surface area (Å²) in [6, 6.07) is 3.69. The Hall–Kier alpha value is -0.590. The van der Waals surface area contributed by atoms with E-state index < -0.39 is 0 Å². The Balaban J connectivity index is 2.63. The van der Waals surface area contributed by atoms with Crippen LogP contribution in [0.25, 0.3) is 0 Å². The first-order valence-electron chi connectivity index (χ1n) is 4.46. The minimum atomic E-state index is -0.362. The van der Waals surface area contributed by atoms with Crippen molar-refractivity contribution in [2.45, 2.75) is 19.3 Å². The van der Waals surface area contributed by atoms with Crippen molar-refractivity contribution in [2.24, 2.45) is 5.84 Å². The summed E-state index contributed by atoms with van der Waals surface area (Å²) in [6.45, 7) is 4.69. The smallest absolute Gasteiger partial charge is 0.328 e. The topological polar surface area (TPSA) is 67.2 Å². The van der Waals surface area contributed by atoms with E-state index in [2.05, 4.69) is 41.2 Å². The van der Waals surface area contributed by atoms with Crippen molar-refractivity contribution in [3.05, 3.63) is 20.8 Å². The molecule has 0 aliphatic rings. The fraction of sp³-hybridized carbons (Fsp3) is 0.444. The number of nitrogens with one attached hydrogen (secondary N) is 2. The van der Waals surface area contributed by atoms with E-state index in [-0.39, 0.29) is 11.4 Å². The first-order chi connectivity index (χ1) is 6.95. The summed E-state index contributed by atoms with van der Waals surface area (Å²) < 4.78 is 1.09. The first kappa shape index (κ1) is 12.5. The Morgan fingerprint density at radius 1 is 1.60 bits per heavy atom. The summed E-state index contributed by atoms with van der Waals surface area (Å²) in [6.07, 6.45) is 0. The van der Waals surface area contributed by atoms with Gasteiger partial charge in [-0.05, 0) is 28.1 Å². The SMILES string of the molecule is CC(C)(CNC(=O)NN)c1ccc(Br)s1. The van der Waals surface area contributed by atoms with Gasteiger partial charge in [0, 0.05) is 16.8 Å². The predicted molar refractivity (Wildman–Crippen MR) is 65.8 cm³/mol. The van der Waals surface area contributed by atoms with Gasteiger partial charge in [-0.25, -0.2) is 10.6 Å². The zero-order valence-corrected chi connectivity index (χ0v) is 11.0. The van der Waals surface area contributed by atoms with Gasteiger partial charge in [0.05, 0.1) is 3.79 Å². The number of halogens is 1. The van der Waals surface area contributed by atoms with Gasteiger partial charge in [-0.1, -0.05) is 13.8 Å². The lowest BCUT2D eigenvalue weighted by molar-refractivity contribution is 0.238. The molecule has 0 aromatic carbocycles. The highest BCUT2D eigenvalue weighted by Crippen LogP contribution is 2.32. The summed E-state index contributed by atoms with van der Waals surface area (Å²) in [5, 5.41) is 2.70. The summed E-state index contributed by atoms with van der Waals surface area (Å²) in [5.74, 6) is 4.98. The molecule has 0 bridgehead atoms. The van der Waals surface area contributed by atoms with Crippen molar-refractivity contribution in [1.29, 1.82) is 0 Å². The Bertz CT molecular complexity index is 351. The molecule has 4 N–H and O–H groups in total. The van der Waals surface area contributed by atoms with Gasteiger partial charge in [0.25, 0.3) is 0 Å². The zero-order valence-electron chi connectivity index (χ0n) is 8.63. The number of rotatable bonds is 3. The quantitative estimate of drug-likeness (QED) is 0.453. The lowest BCUT2D eigenvalue weighted by Gasteiger charge is -2.23. The highest BCUT2D eigenvalue weighted by atomic mass is 79.9. The van der Waals surface area contributed by atoms with Crippen molar-refractivity contribution < 1.29 is 4.79 Å². The number of amides is 2. The normalized spacial score (nSPS) is 11.2. The Labute approximate surface area is 101 Å². The molecule has 4 nitrogen and oxygen atoms in total. The molecule has 1 aromatic rings. The third kappa shape index (κ3) is 3.48. The van der Waals surface area contributed by atoms with Crippen LogP contribution >= 0.6 is 27.3 Å². The van der Waals surface area contributed by atoms with E-state index in [4.69, 9.17) is 5.84 Å². The van der Waals surface area contributed by atoms with Crippen LogP contribution in [-0.2, 0) is 5.41 Å². The lowest BCUT2D eigenvalue weighted by atomic mass is 9.91. The number of hydrogen-bond donors (Lipinski definition) is 3. The van der Waals surface area contributed by atoms with E-state index in [1.165, 1.54) is 4.88 Å². The molecule has 0 aliphatic heterocycles. The Morgan fingerprint density at radius 3 is 2.73 bits per heavy atom. The molecule has 0 radical (unpaired) electrons. The second kappa shape index (κ2) is 4.96. The fourth-order valence-corrected chi connectivity index (χ4v) is 2.60. The third-order valence-corrected chi connectivity index (χ3v) is 4.05. The summed E-state index contributed by atoms with van der Waals surface area (Å²) in [4.78, 5) is 12.2. The zero-order chi connectivity index (χ0) is 11.5. The van der Waals surface area contributed by atoms with Crippen molar-refractivity contribution in [2.75, 3.05) is 6.54 Å².